The minimum Gasteiger partial charge on any atom is -1.00 e. The Labute approximate surface area is 161 Å². The van der Waals surface area contributed by atoms with Gasteiger partial charge in [0.15, 0.2) is 0 Å². The maximum absolute atomic E-state index is 5.97. The number of rotatable bonds is 5. The molecule has 112 valence electrons. The van der Waals surface area contributed by atoms with E-state index in [1.54, 1.807) is 5.19 Å². The molecule has 1 heterocycles. The van der Waals surface area contributed by atoms with Crippen LogP contribution in [0.15, 0.2) is 42.5 Å². The van der Waals surface area contributed by atoms with Crippen molar-refractivity contribution in [2.45, 2.75) is 44.5 Å². The molecule has 2 radical (unpaired) electrons. The Hall–Kier alpha value is 0.552. The minimum absolute atomic E-state index is 0. The van der Waals surface area contributed by atoms with Gasteiger partial charge in [0, 0.05) is 6.61 Å². The number of allylic oxidation sites excluding steroid dienone is 2. The van der Waals surface area contributed by atoms with Crippen LogP contribution in [-0.2, 0) is 32.4 Å². The second-order valence-corrected chi connectivity index (χ2v) is 10.8. The second-order valence-electron chi connectivity index (χ2n) is 5.93. The first-order valence-electron chi connectivity index (χ1n) is 7.26. The monoisotopic (exact) mass is 554 g/mol. The van der Waals surface area contributed by atoms with E-state index in [-0.39, 0.29) is 44.7 Å². The summed E-state index contributed by atoms with van der Waals surface area (Å²) in [6.07, 6.45) is 9.20. The average Bonchev–Trinajstić information content (AvgIpc) is 2.90. The zero-order chi connectivity index (χ0) is 13.7. The van der Waals surface area contributed by atoms with Gasteiger partial charge in [-0.3, -0.25) is 0 Å². The molecule has 0 amide bonds. The summed E-state index contributed by atoms with van der Waals surface area (Å²) in [6.45, 7) is 7.96. The Morgan fingerprint density at radius 2 is 1.90 bits per heavy atom. The molecule has 0 spiro atoms. The first kappa shape index (κ1) is 21.6. The Balaban J connectivity index is 0.00000200. The van der Waals surface area contributed by atoms with E-state index < -0.39 is 8.07 Å². The molecular formula is C17H25BrHgOSi. The van der Waals surface area contributed by atoms with E-state index in [1.807, 2.05) is 0 Å². The van der Waals surface area contributed by atoms with E-state index in [1.165, 1.54) is 6.42 Å². The predicted molar refractivity (Wildman–Crippen MR) is 85.4 cm³/mol. The Bertz CT molecular complexity index is 422. The van der Waals surface area contributed by atoms with Gasteiger partial charge in [0.2, 0.25) is 0 Å². The van der Waals surface area contributed by atoms with Gasteiger partial charge in [0.05, 0.1) is 14.2 Å². The summed E-state index contributed by atoms with van der Waals surface area (Å²) >= 11 is 0. The van der Waals surface area contributed by atoms with Crippen LogP contribution in [-0.4, -0.2) is 20.8 Å². The molecule has 0 aromatic heterocycles. The fraction of sp³-hybridized carbons (Fsp3) is 0.471. The maximum Gasteiger partial charge on any atom is 1.00 e. The first-order valence-corrected chi connectivity index (χ1v) is 10.3. The van der Waals surface area contributed by atoms with Crippen molar-refractivity contribution >= 4 is 13.3 Å². The van der Waals surface area contributed by atoms with Crippen molar-refractivity contribution < 1.29 is 49.4 Å². The van der Waals surface area contributed by atoms with E-state index in [0.29, 0.717) is 6.10 Å². The van der Waals surface area contributed by atoms with Crippen molar-refractivity contribution in [3.63, 3.8) is 0 Å². The van der Waals surface area contributed by atoms with Crippen molar-refractivity contribution in [3.05, 3.63) is 48.9 Å². The van der Waals surface area contributed by atoms with Crippen molar-refractivity contribution in [1.29, 1.82) is 0 Å². The molecule has 1 fully saturated rings. The first-order chi connectivity index (χ1) is 9.14. The number of hydrogen-bond acceptors (Lipinski definition) is 1. The zero-order valence-electron chi connectivity index (χ0n) is 13.4. The molecule has 0 saturated carbocycles. The summed E-state index contributed by atoms with van der Waals surface area (Å²) in [7, 11) is -1.40. The van der Waals surface area contributed by atoms with Crippen LogP contribution in [0, 0.1) is 6.42 Å². The van der Waals surface area contributed by atoms with Gasteiger partial charge < -0.3 is 21.7 Å². The van der Waals surface area contributed by atoms with Crippen molar-refractivity contribution in [2.24, 2.45) is 0 Å². The van der Waals surface area contributed by atoms with Crippen LogP contribution in [0.5, 0.6) is 0 Å². The molecule has 2 atom stereocenters. The van der Waals surface area contributed by atoms with Crippen LogP contribution in [0.4, 0.5) is 0 Å². The van der Waals surface area contributed by atoms with Gasteiger partial charge in [-0.2, -0.15) is 0 Å². The summed E-state index contributed by atoms with van der Waals surface area (Å²) in [5.74, 6) is 0. The molecule has 0 bridgehead atoms. The molecule has 1 aliphatic rings. The Morgan fingerprint density at radius 3 is 2.52 bits per heavy atom. The van der Waals surface area contributed by atoms with Gasteiger partial charge >= 0.3 is 27.7 Å². The molecule has 4 heteroatoms. The number of benzene rings is 1. The molecule has 1 saturated heterocycles. The molecule has 2 rings (SSSR count). The number of hydrogen-bond donors (Lipinski definition) is 0. The van der Waals surface area contributed by atoms with Crippen LogP contribution >= 0.6 is 0 Å². The van der Waals surface area contributed by atoms with Crippen molar-refractivity contribution in [2.75, 3.05) is 6.61 Å². The van der Waals surface area contributed by atoms with Crippen molar-refractivity contribution in [3.8, 4) is 0 Å². The summed E-state index contributed by atoms with van der Waals surface area (Å²) in [5.41, 5.74) is 0.738. The van der Waals surface area contributed by atoms with Crippen LogP contribution in [0.1, 0.15) is 19.8 Å². The molecule has 1 aromatic carbocycles. The largest absolute Gasteiger partial charge is 1.00 e. The van der Waals surface area contributed by atoms with Gasteiger partial charge in [0.1, 0.15) is 0 Å². The molecule has 0 unspecified atom stereocenters. The third kappa shape index (κ3) is 5.92. The van der Waals surface area contributed by atoms with Crippen molar-refractivity contribution in [1.82, 2.24) is 0 Å². The number of halogens is 1. The van der Waals surface area contributed by atoms with E-state index in [0.717, 1.165) is 18.6 Å². The summed E-state index contributed by atoms with van der Waals surface area (Å²) in [6, 6.07) is 11.0. The van der Waals surface area contributed by atoms with E-state index >= 15 is 0 Å². The molecule has 1 aliphatic heterocycles. The SMILES string of the molecule is C/C=C/C[CH][C@@H]1C[C@H]([Si](C)(C)c2ccccc2)CO1.[Br-].[Hg+]. The topological polar surface area (TPSA) is 9.23 Å². The maximum atomic E-state index is 5.97. The Kier molecular flexibility index (Phi) is 10.6. The van der Waals surface area contributed by atoms with E-state index in [4.69, 9.17) is 4.74 Å². The third-order valence-electron chi connectivity index (χ3n) is 4.34. The van der Waals surface area contributed by atoms with Gasteiger partial charge in [-0.1, -0.05) is 60.8 Å². The molecule has 21 heavy (non-hydrogen) atoms. The number of ether oxygens (including phenoxy) is 1. The van der Waals surface area contributed by atoms with Crippen LogP contribution in [0.25, 0.3) is 0 Å². The smallest absolute Gasteiger partial charge is 1.00 e. The normalized spacial score (nSPS) is 21.9. The molecular weight excluding hydrogens is 529 g/mol. The van der Waals surface area contributed by atoms with Crippen LogP contribution in [0.2, 0.25) is 18.6 Å². The van der Waals surface area contributed by atoms with Crippen LogP contribution < -0.4 is 22.2 Å². The second kappa shape index (κ2) is 10.3. The quantitative estimate of drug-likeness (QED) is 0.390. The van der Waals surface area contributed by atoms with Gasteiger partial charge in [-0.15, -0.1) is 0 Å². The van der Waals surface area contributed by atoms with Gasteiger partial charge in [0.25, 0.3) is 0 Å². The molecule has 0 aliphatic carbocycles. The van der Waals surface area contributed by atoms with Gasteiger partial charge in [-0.05, 0) is 31.7 Å². The third-order valence-corrected chi connectivity index (χ3v) is 8.60. The average molecular weight is 554 g/mol. The predicted octanol–water partition coefficient (Wildman–Crippen LogP) is 0.933. The molecule has 0 N–H and O–H groups in total. The van der Waals surface area contributed by atoms with E-state index in [2.05, 4.69) is 68.9 Å². The summed E-state index contributed by atoms with van der Waals surface area (Å²) < 4.78 is 5.97. The fourth-order valence-electron chi connectivity index (χ4n) is 2.79. The summed E-state index contributed by atoms with van der Waals surface area (Å²) in [4.78, 5) is 0. The van der Waals surface area contributed by atoms with Gasteiger partial charge in [-0.25, -0.2) is 0 Å². The minimum atomic E-state index is -1.40. The summed E-state index contributed by atoms with van der Waals surface area (Å²) in [5, 5.41) is 1.55. The molecule has 1 nitrogen and oxygen atoms in total. The fourth-order valence-corrected chi connectivity index (χ4v) is 5.65. The van der Waals surface area contributed by atoms with Crippen LogP contribution in [0.3, 0.4) is 0 Å². The zero-order valence-corrected chi connectivity index (χ0v) is 21.5. The Morgan fingerprint density at radius 1 is 1.24 bits per heavy atom. The standard InChI is InChI=1S/C17H25OSi.BrH.Hg/c1-4-5-7-10-15-13-17(14-18-15)19(2,3)16-11-8-6-9-12-16;;/h4-6,8-12,15,17H,7,13-14H2,1-3H3;1H;/q;;+1/p-1/b5-4+;;/t15-,17+;;/m1../s1. The molecule has 1 aromatic rings. The van der Waals surface area contributed by atoms with E-state index in [9.17, 15) is 0 Å².